The molecule has 4 heterocycles. The molecule has 0 aliphatic carbocycles. The van der Waals surface area contributed by atoms with Gasteiger partial charge in [0.05, 0.1) is 11.0 Å². The summed E-state index contributed by atoms with van der Waals surface area (Å²) in [7, 11) is 0. The van der Waals surface area contributed by atoms with E-state index in [2.05, 4.69) is 51.3 Å². The van der Waals surface area contributed by atoms with E-state index in [1.807, 2.05) is 50.4 Å². The highest BCUT2D eigenvalue weighted by Gasteiger charge is 2.17. The number of benzene rings is 3. The minimum atomic E-state index is -0.587. The quantitative estimate of drug-likeness (QED) is 0.144. The molecule has 308 valence electrons. The van der Waals surface area contributed by atoms with Crippen LogP contribution in [0.1, 0.15) is 61.2 Å². The summed E-state index contributed by atoms with van der Waals surface area (Å²) in [4.78, 5) is 43.4. The maximum Gasteiger partial charge on any atom is 0.270 e. The summed E-state index contributed by atoms with van der Waals surface area (Å²) >= 11 is 1.65. The van der Waals surface area contributed by atoms with Gasteiger partial charge in [-0.2, -0.15) is 0 Å². The second-order valence-electron chi connectivity index (χ2n) is 13.8. The van der Waals surface area contributed by atoms with E-state index >= 15 is 0 Å². The van der Waals surface area contributed by atoms with Crippen LogP contribution in [0.3, 0.4) is 0 Å². The Morgan fingerprint density at radius 3 is 1.71 bits per heavy atom. The van der Waals surface area contributed by atoms with Crippen molar-refractivity contribution in [1.82, 2.24) is 30.6 Å². The van der Waals surface area contributed by atoms with Crippen molar-refractivity contribution in [3.63, 3.8) is 0 Å². The van der Waals surface area contributed by atoms with Gasteiger partial charge in [0, 0.05) is 70.2 Å². The first-order valence-electron chi connectivity index (χ1n) is 18.3. The van der Waals surface area contributed by atoms with Gasteiger partial charge in [0.25, 0.3) is 11.8 Å². The average molecular weight is 825 g/mol. The maximum absolute atomic E-state index is 14.3. The van der Waals surface area contributed by atoms with Gasteiger partial charge in [-0.1, -0.05) is 58.9 Å². The first-order valence-corrected chi connectivity index (χ1v) is 19.5. The summed E-state index contributed by atoms with van der Waals surface area (Å²) in [5, 5.41) is 7.20. The number of rotatable bonds is 8. The number of halogens is 3. The Morgan fingerprint density at radius 2 is 1.15 bits per heavy atom. The van der Waals surface area contributed by atoms with Crippen LogP contribution in [-0.2, 0) is 6.54 Å². The van der Waals surface area contributed by atoms with E-state index in [-0.39, 0.29) is 45.3 Å². The maximum atomic E-state index is 14.3. The van der Waals surface area contributed by atoms with Crippen LogP contribution in [0.5, 0.6) is 0 Å². The van der Waals surface area contributed by atoms with Gasteiger partial charge >= 0.3 is 0 Å². The Kier molecular flexibility index (Phi) is 17.2. The van der Waals surface area contributed by atoms with E-state index in [1.165, 1.54) is 18.3 Å². The highest BCUT2D eigenvalue weighted by Crippen LogP contribution is 2.30. The number of amides is 2. The molecule has 2 amide bonds. The van der Waals surface area contributed by atoms with E-state index in [0.29, 0.717) is 40.8 Å². The summed E-state index contributed by atoms with van der Waals surface area (Å²) in [5.74, 6) is -2.01. The van der Waals surface area contributed by atoms with Crippen LogP contribution >= 0.6 is 11.8 Å². The summed E-state index contributed by atoms with van der Waals surface area (Å²) in [6.45, 7) is 11.1. The lowest BCUT2D eigenvalue weighted by Crippen LogP contribution is -2.32. The van der Waals surface area contributed by atoms with Crippen molar-refractivity contribution < 1.29 is 33.7 Å². The van der Waals surface area contributed by atoms with Gasteiger partial charge in [-0.15, -0.1) is 11.8 Å². The predicted octanol–water partition coefficient (Wildman–Crippen LogP) is 8.82. The van der Waals surface area contributed by atoms with Crippen molar-refractivity contribution in [1.29, 1.82) is 0 Å². The van der Waals surface area contributed by atoms with Gasteiger partial charge in [0.1, 0.15) is 28.8 Å². The fourth-order valence-corrected chi connectivity index (χ4v) is 5.94. The van der Waals surface area contributed by atoms with E-state index in [9.17, 15) is 22.8 Å². The van der Waals surface area contributed by atoms with Crippen molar-refractivity contribution in [3.8, 4) is 22.3 Å². The van der Waals surface area contributed by atoms with E-state index in [1.54, 1.807) is 60.7 Å². The lowest BCUT2D eigenvalue weighted by atomic mass is 9.97. The molecule has 0 bridgehead atoms. The van der Waals surface area contributed by atoms with Gasteiger partial charge in [-0.05, 0) is 89.5 Å². The third-order valence-electron chi connectivity index (χ3n) is 8.43. The van der Waals surface area contributed by atoms with Crippen molar-refractivity contribution in [3.05, 3.63) is 150 Å². The lowest BCUT2D eigenvalue weighted by molar-refractivity contribution is 0.0931. The second kappa shape index (κ2) is 21.5. The number of aromatic nitrogens is 4. The van der Waals surface area contributed by atoms with Gasteiger partial charge in [0.2, 0.25) is 0 Å². The zero-order chi connectivity index (χ0) is 41.1. The minimum Gasteiger partial charge on any atom is -0.412 e. The Balaban J connectivity index is 0.000000297. The van der Waals surface area contributed by atoms with E-state index < -0.39 is 11.6 Å². The molecule has 0 radical (unpaired) electrons. The molecule has 10 nitrogen and oxygen atoms in total. The number of carbonyl (C=O) groups is 2. The van der Waals surface area contributed by atoms with Crippen molar-refractivity contribution in [2.24, 2.45) is 5.41 Å². The normalized spacial score (nSPS) is 10.5. The van der Waals surface area contributed by atoms with Crippen LogP contribution in [0, 0.1) is 22.9 Å². The van der Waals surface area contributed by atoms with Crippen molar-refractivity contribution in [2.45, 2.75) is 46.1 Å². The molecule has 7 rings (SSSR count). The molecule has 0 spiro atoms. The van der Waals surface area contributed by atoms with Crippen LogP contribution < -0.4 is 10.6 Å². The smallest absolute Gasteiger partial charge is 0.270 e. The largest absolute Gasteiger partial charge is 0.412 e. The zero-order valence-electron chi connectivity index (χ0n) is 33.5. The number of fused-ring (bicyclic) bond motifs is 2. The van der Waals surface area contributed by atoms with Gasteiger partial charge in [0.15, 0.2) is 0 Å². The molecule has 4 aromatic heterocycles. The zero-order valence-corrected chi connectivity index (χ0v) is 34.3. The molecule has 0 unspecified atom stereocenters. The van der Waals surface area contributed by atoms with Crippen LogP contribution in [0.25, 0.3) is 44.1 Å². The minimum absolute atomic E-state index is 0. The number of hydrogen-bond donors (Lipinski definition) is 2. The Morgan fingerprint density at radius 1 is 0.627 bits per heavy atom. The van der Waals surface area contributed by atoms with Crippen LogP contribution in [0.4, 0.5) is 13.2 Å². The fourth-order valence-electron chi connectivity index (χ4n) is 5.53. The summed E-state index contributed by atoms with van der Waals surface area (Å²) in [6.07, 6.45) is 8.37. The first-order chi connectivity index (χ1) is 27.4. The molecule has 0 atom stereocenters. The van der Waals surface area contributed by atoms with Crippen LogP contribution in [0.2, 0.25) is 0 Å². The number of thioether (sulfide) groups is 1. The SMILES string of the molecule is CC.CC(C)(C)CNC(=O)c1ccc2cncc(-c3ccc(F)cc3)c2n1.CSc1ccc(CNC(=O)c2ccc3cncc(-c4cc(F)ccc4F)c3n2)cc1.O.O. The molecule has 0 aliphatic heterocycles. The average Bonchev–Trinajstić information content (AvgIpc) is 3.23. The first kappa shape index (κ1) is 47.2. The number of carbonyl (C=O) groups excluding carboxylic acids is 2. The number of pyridine rings is 4. The van der Waals surface area contributed by atoms with Crippen LogP contribution in [0.15, 0.2) is 121 Å². The monoisotopic (exact) mass is 824 g/mol. The van der Waals surface area contributed by atoms with Gasteiger partial charge in [-0.25, -0.2) is 23.1 Å². The van der Waals surface area contributed by atoms with E-state index in [0.717, 1.165) is 45.2 Å². The number of nitrogens with zero attached hydrogens (tertiary/aromatic N) is 4. The highest BCUT2D eigenvalue weighted by atomic mass is 32.2. The lowest BCUT2D eigenvalue weighted by Gasteiger charge is -2.18. The Hall–Kier alpha value is -6.22. The molecular formula is C45H47F3N6O4S. The summed E-state index contributed by atoms with van der Waals surface area (Å²) < 4.78 is 41.2. The molecule has 3 aromatic carbocycles. The third-order valence-corrected chi connectivity index (χ3v) is 9.17. The number of hydrogen-bond acceptors (Lipinski definition) is 7. The second-order valence-corrected chi connectivity index (χ2v) is 14.7. The molecule has 6 N–H and O–H groups in total. The summed E-state index contributed by atoms with van der Waals surface area (Å²) in [5.41, 5.74) is 4.50. The standard InChI is InChI=1S/C23H17F2N3OS.C20H20FN3O.C2H6.2H2O/c1-30-17-6-2-14(3-7-17)11-27-23(29)21-9-4-15-12-26-13-19(22(15)28-21)18-10-16(24)5-8-20(18)25;1-20(2,3)12-23-19(25)17-9-6-14-10-22-11-16(18(14)24-17)13-4-7-15(21)8-5-13;1-2;;/h2-10,12-13H,11H2,1H3,(H,27,29);4-11H,12H2,1-3H3,(H,23,25);1-2H3;2*1H2. The van der Waals surface area contributed by atoms with Crippen molar-refractivity contribution >= 4 is 45.4 Å². The molecule has 7 aromatic rings. The predicted molar refractivity (Wildman–Crippen MR) is 230 cm³/mol. The topological polar surface area (TPSA) is 173 Å². The molecular weight excluding hydrogens is 778 g/mol. The third kappa shape index (κ3) is 12.4. The number of nitrogens with one attached hydrogen (secondary N) is 2. The Labute approximate surface area is 345 Å². The molecule has 0 aliphatic rings. The molecule has 0 fully saturated rings. The van der Waals surface area contributed by atoms with Gasteiger partial charge in [-0.3, -0.25) is 19.6 Å². The van der Waals surface area contributed by atoms with Crippen molar-refractivity contribution in [2.75, 3.05) is 12.8 Å². The van der Waals surface area contributed by atoms with Gasteiger partial charge < -0.3 is 21.6 Å². The fraction of sp³-hybridized carbons (Fsp3) is 0.200. The molecule has 14 heteroatoms. The molecule has 59 heavy (non-hydrogen) atoms. The van der Waals surface area contributed by atoms with Crippen LogP contribution in [-0.4, -0.2) is 55.5 Å². The molecule has 0 saturated heterocycles. The molecule has 0 saturated carbocycles. The summed E-state index contributed by atoms with van der Waals surface area (Å²) in [6, 6.07) is 24.1. The highest BCUT2D eigenvalue weighted by molar-refractivity contribution is 7.98. The Bertz CT molecular complexity index is 2500. The van der Waals surface area contributed by atoms with E-state index in [4.69, 9.17) is 0 Å².